The van der Waals surface area contributed by atoms with Gasteiger partial charge in [0, 0.05) is 26.2 Å². The molecule has 7 heteroatoms. The van der Waals surface area contributed by atoms with Gasteiger partial charge in [0.1, 0.15) is 11.1 Å². The topological polar surface area (TPSA) is 61.8 Å². The highest BCUT2D eigenvalue weighted by molar-refractivity contribution is 8.15. The molecule has 1 atom stereocenters. The van der Waals surface area contributed by atoms with Crippen LogP contribution in [0.4, 0.5) is 10.1 Å². The molecular formula is C13H14FN3O2S. The van der Waals surface area contributed by atoms with Crippen LogP contribution in [-0.4, -0.2) is 41.2 Å². The minimum Gasteiger partial charge on any atom is -0.326 e. The van der Waals surface area contributed by atoms with E-state index in [2.05, 4.69) is 10.3 Å². The van der Waals surface area contributed by atoms with Crippen molar-refractivity contribution in [3.63, 3.8) is 0 Å². The lowest BCUT2D eigenvalue weighted by molar-refractivity contribution is -0.127. The molecule has 0 aromatic heterocycles. The summed E-state index contributed by atoms with van der Waals surface area (Å²) in [5, 5.41) is 2.78. The summed E-state index contributed by atoms with van der Waals surface area (Å²) in [6, 6.07) is 5.48. The molecule has 1 aliphatic rings. The van der Waals surface area contributed by atoms with Gasteiger partial charge in [-0.15, -0.1) is 0 Å². The van der Waals surface area contributed by atoms with Crippen molar-refractivity contribution in [2.45, 2.75) is 11.7 Å². The van der Waals surface area contributed by atoms with Crippen LogP contribution in [0.5, 0.6) is 0 Å². The first-order valence-electron chi connectivity index (χ1n) is 5.97. The van der Waals surface area contributed by atoms with E-state index in [1.54, 1.807) is 14.1 Å². The number of thioether (sulfide) groups is 1. The molecule has 0 saturated carbocycles. The van der Waals surface area contributed by atoms with Crippen molar-refractivity contribution in [2.24, 2.45) is 4.99 Å². The minimum absolute atomic E-state index is 0.0598. The van der Waals surface area contributed by atoms with E-state index in [0.717, 1.165) is 0 Å². The van der Waals surface area contributed by atoms with Gasteiger partial charge in [0.05, 0.1) is 0 Å². The molecule has 2 rings (SSSR count). The second kappa shape index (κ2) is 6.04. The van der Waals surface area contributed by atoms with E-state index in [1.165, 1.54) is 40.9 Å². The van der Waals surface area contributed by atoms with Crippen LogP contribution >= 0.6 is 11.8 Å². The highest BCUT2D eigenvalue weighted by Crippen LogP contribution is 2.28. The first kappa shape index (κ1) is 14.5. The largest absolute Gasteiger partial charge is 0.326 e. The number of halogens is 1. The van der Waals surface area contributed by atoms with E-state index in [9.17, 15) is 14.0 Å². The van der Waals surface area contributed by atoms with Crippen LogP contribution in [0.15, 0.2) is 29.3 Å². The molecule has 1 aromatic rings. The van der Waals surface area contributed by atoms with E-state index < -0.39 is 5.25 Å². The van der Waals surface area contributed by atoms with Gasteiger partial charge in [0.2, 0.25) is 11.8 Å². The van der Waals surface area contributed by atoms with E-state index >= 15 is 0 Å². The van der Waals surface area contributed by atoms with Crippen LogP contribution in [0.25, 0.3) is 0 Å². The van der Waals surface area contributed by atoms with E-state index in [0.29, 0.717) is 10.9 Å². The summed E-state index contributed by atoms with van der Waals surface area (Å²) >= 11 is 1.27. The van der Waals surface area contributed by atoms with Crippen LogP contribution < -0.4 is 5.32 Å². The fourth-order valence-corrected chi connectivity index (χ4v) is 2.91. The zero-order chi connectivity index (χ0) is 14.7. The molecule has 1 unspecified atom stereocenters. The predicted molar refractivity (Wildman–Crippen MR) is 77.2 cm³/mol. The zero-order valence-corrected chi connectivity index (χ0v) is 11.9. The number of aliphatic imine (C=N–C) groups is 1. The van der Waals surface area contributed by atoms with Crippen molar-refractivity contribution in [3.8, 4) is 0 Å². The summed E-state index contributed by atoms with van der Waals surface area (Å²) in [6.45, 7) is 0. The molecule has 0 spiro atoms. The Morgan fingerprint density at radius 1 is 1.45 bits per heavy atom. The fourth-order valence-electron chi connectivity index (χ4n) is 1.81. The van der Waals surface area contributed by atoms with Crippen LogP contribution in [0.2, 0.25) is 0 Å². The Kier molecular flexibility index (Phi) is 4.39. The number of nitrogens with one attached hydrogen (secondary N) is 1. The third-order valence-electron chi connectivity index (χ3n) is 2.83. The molecule has 5 nitrogen and oxygen atoms in total. The van der Waals surface area contributed by atoms with Gasteiger partial charge >= 0.3 is 0 Å². The Labute approximate surface area is 120 Å². The van der Waals surface area contributed by atoms with Crippen molar-refractivity contribution in [1.29, 1.82) is 0 Å². The fraction of sp³-hybridized carbons (Fsp3) is 0.308. The van der Waals surface area contributed by atoms with Crippen LogP contribution in [-0.2, 0) is 9.59 Å². The number of benzene rings is 1. The quantitative estimate of drug-likeness (QED) is 0.923. The number of rotatable bonds is 3. The standard InChI is InChI=1S/C13H14FN3O2S/c1-15-13-17(2)12(19)10(20-13)7-11(18)16-9-5-3-8(14)4-6-9/h3-6,10H,7H2,1-2H3,(H,16,18). The number of hydrogen-bond acceptors (Lipinski definition) is 4. The van der Waals surface area contributed by atoms with E-state index in [4.69, 9.17) is 0 Å². The van der Waals surface area contributed by atoms with Gasteiger partial charge in [-0.25, -0.2) is 4.39 Å². The van der Waals surface area contributed by atoms with Gasteiger partial charge in [-0.05, 0) is 24.3 Å². The number of hydrogen-bond donors (Lipinski definition) is 1. The normalized spacial score (nSPS) is 20.6. The molecule has 0 aliphatic carbocycles. The Morgan fingerprint density at radius 3 is 2.65 bits per heavy atom. The molecule has 0 radical (unpaired) electrons. The molecule has 2 amide bonds. The van der Waals surface area contributed by atoms with Crippen molar-refractivity contribution >= 4 is 34.4 Å². The second-order valence-electron chi connectivity index (χ2n) is 4.27. The van der Waals surface area contributed by atoms with E-state index in [-0.39, 0.29) is 24.1 Å². The molecule has 20 heavy (non-hydrogen) atoms. The molecule has 106 valence electrons. The highest BCUT2D eigenvalue weighted by atomic mass is 32.2. The molecule has 1 heterocycles. The summed E-state index contributed by atoms with van der Waals surface area (Å²) in [5.41, 5.74) is 0.504. The van der Waals surface area contributed by atoms with Crippen molar-refractivity contribution in [1.82, 2.24) is 4.90 Å². The average molecular weight is 295 g/mol. The van der Waals surface area contributed by atoms with Gasteiger partial charge < -0.3 is 5.32 Å². The lowest BCUT2D eigenvalue weighted by atomic mass is 10.2. The second-order valence-corrected chi connectivity index (χ2v) is 5.44. The lowest BCUT2D eigenvalue weighted by Gasteiger charge is -2.09. The van der Waals surface area contributed by atoms with Gasteiger partial charge in [0.25, 0.3) is 0 Å². The summed E-state index contributed by atoms with van der Waals surface area (Å²) in [7, 11) is 3.24. The smallest absolute Gasteiger partial charge is 0.242 e. The first-order chi connectivity index (χ1) is 9.51. The first-order valence-corrected chi connectivity index (χ1v) is 6.85. The van der Waals surface area contributed by atoms with Crippen LogP contribution in [0.1, 0.15) is 6.42 Å². The summed E-state index contributed by atoms with van der Waals surface area (Å²) in [5.74, 6) is -0.784. The van der Waals surface area contributed by atoms with Crippen molar-refractivity contribution in [3.05, 3.63) is 30.1 Å². The number of anilines is 1. The summed E-state index contributed by atoms with van der Waals surface area (Å²) < 4.78 is 12.7. The van der Waals surface area contributed by atoms with Crippen molar-refractivity contribution < 1.29 is 14.0 Å². The lowest BCUT2D eigenvalue weighted by Crippen LogP contribution is -2.30. The highest BCUT2D eigenvalue weighted by Gasteiger charge is 2.36. The van der Waals surface area contributed by atoms with Crippen LogP contribution in [0.3, 0.4) is 0 Å². The third kappa shape index (κ3) is 3.16. The number of nitrogens with zero attached hydrogens (tertiary/aromatic N) is 2. The molecule has 0 bridgehead atoms. The SMILES string of the molecule is CN=C1SC(CC(=O)Nc2ccc(F)cc2)C(=O)N1C. The predicted octanol–water partition coefficient (Wildman–Crippen LogP) is 1.71. The molecule has 1 N–H and O–H groups in total. The van der Waals surface area contributed by atoms with Gasteiger partial charge in [-0.2, -0.15) is 0 Å². The number of carbonyl (C=O) groups excluding carboxylic acids is 2. The van der Waals surface area contributed by atoms with Gasteiger partial charge in [-0.3, -0.25) is 19.5 Å². The summed E-state index contributed by atoms with van der Waals surface area (Å²) in [4.78, 5) is 29.2. The van der Waals surface area contributed by atoms with Gasteiger partial charge in [0.15, 0.2) is 5.17 Å². The zero-order valence-electron chi connectivity index (χ0n) is 11.1. The maximum absolute atomic E-state index is 12.7. The molecule has 1 aliphatic heterocycles. The van der Waals surface area contributed by atoms with Crippen molar-refractivity contribution in [2.75, 3.05) is 19.4 Å². The summed E-state index contributed by atoms with van der Waals surface area (Å²) in [6.07, 6.45) is 0.0598. The minimum atomic E-state index is -0.459. The number of amidine groups is 1. The van der Waals surface area contributed by atoms with Gasteiger partial charge in [-0.1, -0.05) is 11.8 Å². The van der Waals surface area contributed by atoms with Crippen LogP contribution in [0, 0.1) is 5.82 Å². The Bertz CT molecular complexity index is 559. The van der Waals surface area contributed by atoms with E-state index in [1.807, 2.05) is 0 Å². The number of carbonyl (C=O) groups is 2. The Morgan fingerprint density at radius 2 is 2.10 bits per heavy atom. The molecule has 1 saturated heterocycles. The molecule has 1 fully saturated rings. The average Bonchev–Trinajstić information content (AvgIpc) is 2.69. The molecular weight excluding hydrogens is 281 g/mol. The molecule has 1 aromatic carbocycles. The maximum Gasteiger partial charge on any atom is 0.242 e. The monoisotopic (exact) mass is 295 g/mol. The Balaban J connectivity index is 1.95. The number of amides is 2. The maximum atomic E-state index is 12.7. The Hall–Kier alpha value is -1.89. The third-order valence-corrected chi connectivity index (χ3v) is 4.15.